The summed E-state index contributed by atoms with van der Waals surface area (Å²) >= 11 is 7.50. The van der Waals surface area contributed by atoms with E-state index < -0.39 is 15.9 Å². The van der Waals surface area contributed by atoms with Gasteiger partial charge < -0.3 is 0 Å². The molecule has 1 heterocycles. The topological polar surface area (TPSA) is 88.6 Å². The van der Waals surface area contributed by atoms with Crippen LogP contribution in [0.2, 0.25) is 5.02 Å². The smallest absolute Gasteiger partial charge is 0.266 e. The van der Waals surface area contributed by atoms with Crippen LogP contribution >= 0.6 is 22.9 Å². The van der Waals surface area contributed by atoms with Crippen molar-refractivity contribution in [3.05, 3.63) is 39.4 Å². The third-order valence-corrected chi connectivity index (χ3v) is 7.62. The van der Waals surface area contributed by atoms with Crippen LogP contribution in [-0.4, -0.2) is 37.9 Å². The first-order valence-electron chi connectivity index (χ1n) is 8.45. The Hall–Kier alpha value is -1.52. The summed E-state index contributed by atoms with van der Waals surface area (Å²) in [7, 11) is -1.49. The molecule has 0 saturated carbocycles. The normalized spacial score (nSPS) is 14.7. The van der Waals surface area contributed by atoms with Crippen LogP contribution in [0.3, 0.4) is 0 Å². The number of anilines is 1. The molecular formula is C17H20ClN3O4S2. The Labute approximate surface area is 167 Å². The number of hydrogen-bond acceptors (Lipinski definition) is 6. The fourth-order valence-corrected chi connectivity index (χ4v) is 5.35. The number of halogens is 1. The van der Waals surface area contributed by atoms with Gasteiger partial charge in [-0.1, -0.05) is 22.5 Å². The van der Waals surface area contributed by atoms with E-state index in [-0.39, 0.29) is 15.5 Å². The number of fused-ring (bicyclic) bond motifs is 1. The summed E-state index contributed by atoms with van der Waals surface area (Å²) in [4.78, 5) is 22.9. The van der Waals surface area contributed by atoms with Crippen molar-refractivity contribution >= 4 is 44.0 Å². The molecule has 0 atom stereocenters. The number of aryl methyl sites for hydroxylation is 2. The van der Waals surface area contributed by atoms with Crippen LogP contribution in [0.5, 0.6) is 0 Å². The molecule has 1 aliphatic carbocycles. The van der Waals surface area contributed by atoms with Crippen molar-refractivity contribution in [3.8, 4) is 0 Å². The predicted octanol–water partition coefficient (Wildman–Crippen LogP) is 3.50. The van der Waals surface area contributed by atoms with E-state index in [0.29, 0.717) is 9.60 Å². The molecule has 7 nitrogen and oxygen atoms in total. The Morgan fingerprint density at radius 2 is 2.04 bits per heavy atom. The summed E-state index contributed by atoms with van der Waals surface area (Å²) in [6.45, 7) is 0. The quantitative estimate of drug-likeness (QED) is 0.580. The molecule has 0 spiro atoms. The number of sulfonamides is 1. The summed E-state index contributed by atoms with van der Waals surface area (Å²) < 4.78 is 25.6. The number of hydrogen-bond donors (Lipinski definition) is 1. The highest BCUT2D eigenvalue weighted by Gasteiger charge is 2.25. The van der Waals surface area contributed by atoms with Gasteiger partial charge in [0.2, 0.25) is 0 Å². The van der Waals surface area contributed by atoms with Gasteiger partial charge in [0, 0.05) is 17.5 Å². The zero-order chi connectivity index (χ0) is 19.6. The lowest BCUT2D eigenvalue weighted by atomic mass is 10.2. The molecule has 1 N–H and O–H groups in total. The monoisotopic (exact) mass is 429 g/mol. The molecule has 2 aromatic rings. The summed E-state index contributed by atoms with van der Waals surface area (Å²) in [5, 5.41) is 3.30. The number of nitrogens with zero attached hydrogens (tertiary/aromatic N) is 2. The second kappa shape index (κ2) is 8.24. The zero-order valence-electron chi connectivity index (χ0n) is 15.0. The molecule has 0 bridgehead atoms. The minimum absolute atomic E-state index is 0.0106. The number of carbonyl (C=O) groups excluding carboxylic acids is 1. The highest BCUT2D eigenvalue weighted by Crippen LogP contribution is 2.30. The molecule has 0 radical (unpaired) electrons. The fraction of sp³-hybridized carbons (Fsp3) is 0.412. The molecule has 1 amide bonds. The second-order valence-electron chi connectivity index (χ2n) is 6.15. The molecule has 1 aromatic heterocycles. The van der Waals surface area contributed by atoms with Crippen molar-refractivity contribution in [1.29, 1.82) is 0 Å². The minimum Gasteiger partial charge on any atom is -0.298 e. The van der Waals surface area contributed by atoms with E-state index in [9.17, 15) is 13.2 Å². The maximum Gasteiger partial charge on any atom is 0.266 e. The van der Waals surface area contributed by atoms with Gasteiger partial charge in [0.25, 0.3) is 15.9 Å². The average Bonchev–Trinajstić information content (AvgIpc) is 2.89. The highest BCUT2D eigenvalue weighted by atomic mass is 35.5. The summed E-state index contributed by atoms with van der Waals surface area (Å²) in [5.41, 5.74) is 1.22. The fourth-order valence-electron chi connectivity index (χ4n) is 2.83. The van der Waals surface area contributed by atoms with E-state index in [4.69, 9.17) is 16.4 Å². The molecule has 1 aromatic carbocycles. The number of rotatable bonds is 5. The van der Waals surface area contributed by atoms with Crippen LogP contribution in [0.25, 0.3) is 0 Å². The van der Waals surface area contributed by atoms with Gasteiger partial charge in [-0.25, -0.2) is 13.4 Å². The van der Waals surface area contributed by atoms with E-state index in [2.05, 4.69) is 10.3 Å². The van der Waals surface area contributed by atoms with Crippen molar-refractivity contribution < 1.29 is 18.0 Å². The molecular weight excluding hydrogens is 410 g/mol. The van der Waals surface area contributed by atoms with E-state index in [1.165, 1.54) is 55.0 Å². The maximum absolute atomic E-state index is 12.6. The van der Waals surface area contributed by atoms with Crippen LogP contribution in [0.4, 0.5) is 5.13 Å². The number of thiazole rings is 1. The Morgan fingerprint density at radius 3 is 2.78 bits per heavy atom. The number of carbonyl (C=O) groups is 1. The molecule has 146 valence electrons. The third-order valence-electron chi connectivity index (χ3n) is 4.38. The lowest BCUT2D eigenvalue weighted by Crippen LogP contribution is -2.26. The summed E-state index contributed by atoms with van der Waals surface area (Å²) in [6, 6.07) is 4.09. The van der Waals surface area contributed by atoms with Crippen LogP contribution in [0.1, 0.15) is 40.2 Å². The van der Waals surface area contributed by atoms with E-state index in [1.54, 1.807) is 0 Å². The van der Waals surface area contributed by atoms with E-state index >= 15 is 0 Å². The van der Waals surface area contributed by atoms with Gasteiger partial charge >= 0.3 is 0 Å². The highest BCUT2D eigenvalue weighted by molar-refractivity contribution is 7.89. The van der Waals surface area contributed by atoms with Gasteiger partial charge in [-0.2, -0.15) is 0 Å². The maximum atomic E-state index is 12.6. The lowest BCUT2D eigenvalue weighted by Gasteiger charge is -2.15. The number of benzene rings is 1. The SMILES string of the molecule is CON(C)S(=O)(=O)c1cc(C(=O)Nc2nc3c(s2)CCCCC3)ccc1Cl. The van der Waals surface area contributed by atoms with Crippen LogP contribution in [-0.2, 0) is 27.7 Å². The van der Waals surface area contributed by atoms with Gasteiger partial charge in [0.05, 0.1) is 17.8 Å². The largest absolute Gasteiger partial charge is 0.298 e. The van der Waals surface area contributed by atoms with Gasteiger partial charge in [-0.3, -0.25) is 14.9 Å². The zero-order valence-corrected chi connectivity index (χ0v) is 17.4. The van der Waals surface area contributed by atoms with Crippen LogP contribution in [0, 0.1) is 0 Å². The molecule has 0 aliphatic heterocycles. The van der Waals surface area contributed by atoms with Gasteiger partial charge in [-0.15, -0.1) is 11.3 Å². The first-order chi connectivity index (χ1) is 12.8. The number of hydroxylamine groups is 1. The van der Waals surface area contributed by atoms with Crippen molar-refractivity contribution in [2.75, 3.05) is 19.5 Å². The number of amides is 1. The Kier molecular flexibility index (Phi) is 6.17. The van der Waals surface area contributed by atoms with Crippen LogP contribution < -0.4 is 5.32 Å². The summed E-state index contributed by atoms with van der Waals surface area (Å²) in [6.07, 6.45) is 5.34. The van der Waals surface area contributed by atoms with Gasteiger partial charge in [0.1, 0.15) is 4.90 Å². The summed E-state index contributed by atoms with van der Waals surface area (Å²) in [5.74, 6) is -0.438. The third kappa shape index (κ3) is 4.33. The Bertz CT molecular complexity index is 936. The molecule has 1 aliphatic rings. The first kappa shape index (κ1) is 20.2. The van der Waals surface area contributed by atoms with Crippen molar-refractivity contribution in [3.63, 3.8) is 0 Å². The van der Waals surface area contributed by atoms with Crippen molar-refractivity contribution in [2.45, 2.75) is 37.0 Å². The van der Waals surface area contributed by atoms with Crippen molar-refractivity contribution in [2.24, 2.45) is 0 Å². The van der Waals surface area contributed by atoms with Crippen LogP contribution in [0.15, 0.2) is 23.1 Å². The predicted molar refractivity (Wildman–Crippen MR) is 105 cm³/mol. The van der Waals surface area contributed by atoms with Crippen molar-refractivity contribution in [1.82, 2.24) is 9.45 Å². The molecule has 27 heavy (non-hydrogen) atoms. The van der Waals surface area contributed by atoms with E-state index in [0.717, 1.165) is 31.4 Å². The minimum atomic E-state index is -3.97. The molecule has 10 heteroatoms. The van der Waals surface area contributed by atoms with Gasteiger partial charge in [-0.05, 0) is 43.9 Å². The van der Waals surface area contributed by atoms with E-state index in [1.807, 2.05) is 0 Å². The second-order valence-corrected chi connectivity index (χ2v) is 9.54. The number of aromatic nitrogens is 1. The lowest BCUT2D eigenvalue weighted by molar-refractivity contribution is -0.0258. The molecule has 3 rings (SSSR count). The molecule has 0 unspecified atom stereocenters. The average molecular weight is 430 g/mol. The molecule has 0 saturated heterocycles. The first-order valence-corrected chi connectivity index (χ1v) is 11.1. The molecule has 0 fully saturated rings. The Balaban J connectivity index is 1.85. The van der Waals surface area contributed by atoms with Gasteiger partial charge in [0.15, 0.2) is 5.13 Å². The standard InChI is InChI=1S/C17H20ClN3O4S2/c1-21(25-2)27(23,24)15-10-11(8-9-12(15)18)16(22)20-17-19-13-6-4-3-5-7-14(13)26-17/h8-10H,3-7H2,1-2H3,(H,19,20,22). The Morgan fingerprint density at radius 1 is 1.30 bits per heavy atom. The number of nitrogens with one attached hydrogen (secondary N) is 1.